The van der Waals surface area contributed by atoms with E-state index in [0.717, 1.165) is 17.7 Å². The van der Waals surface area contributed by atoms with Crippen molar-refractivity contribution in [1.29, 1.82) is 5.41 Å². The van der Waals surface area contributed by atoms with Crippen molar-refractivity contribution >= 4 is 23.5 Å². The Balaban J connectivity index is 1.91. The number of ether oxygens (including phenoxy) is 2. The van der Waals surface area contributed by atoms with Crippen LogP contribution < -0.4 is 9.64 Å². The summed E-state index contributed by atoms with van der Waals surface area (Å²) in [7, 11) is 0. The first kappa shape index (κ1) is 20.5. The minimum absolute atomic E-state index is 0.0455. The first-order chi connectivity index (χ1) is 15.1. The van der Waals surface area contributed by atoms with E-state index in [1.165, 1.54) is 12.1 Å². The van der Waals surface area contributed by atoms with Crippen molar-refractivity contribution in [2.45, 2.75) is 51.0 Å². The van der Waals surface area contributed by atoms with Gasteiger partial charge in [0.15, 0.2) is 5.92 Å². The van der Waals surface area contributed by atoms with Gasteiger partial charge in [0, 0.05) is 17.2 Å². The van der Waals surface area contributed by atoms with E-state index in [9.17, 15) is 14.7 Å². The molecule has 0 bridgehead atoms. The Kier molecular flexibility index (Phi) is 4.22. The van der Waals surface area contributed by atoms with Gasteiger partial charge in [0.05, 0.1) is 12.3 Å². The molecule has 0 fully saturated rings. The molecule has 7 nitrogen and oxygen atoms in total. The average Bonchev–Trinajstić information content (AvgIpc) is 2.96. The molecule has 2 N–H and O–H groups in total. The number of anilines is 1. The highest BCUT2D eigenvalue weighted by Crippen LogP contribution is 2.61. The summed E-state index contributed by atoms with van der Waals surface area (Å²) in [6.07, 6.45) is 0.770. The summed E-state index contributed by atoms with van der Waals surface area (Å²) < 4.78 is 11.0. The third-order valence-electron chi connectivity index (χ3n) is 7.03. The zero-order valence-corrected chi connectivity index (χ0v) is 18.6. The van der Waals surface area contributed by atoms with Crippen LogP contribution in [0.1, 0.15) is 56.7 Å². The number of carbonyl (C=O) groups excluding carboxylic acids is 2. The maximum atomic E-state index is 14.5. The molecule has 0 aliphatic carbocycles. The van der Waals surface area contributed by atoms with Crippen LogP contribution in [0, 0.1) is 11.3 Å². The second-order valence-electron chi connectivity index (χ2n) is 9.44. The lowest BCUT2D eigenvalue weighted by molar-refractivity contribution is -0.150. The molecule has 7 heteroatoms. The lowest BCUT2D eigenvalue weighted by atomic mass is 9.64. The maximum Gasteiger partial charge on any atom is 0.320 e. The van der Waals surface area contributed by atoms with Crippen molar-refractivity contribution in [3.05, 3.63) is 53.1 Å². The number of nitrogens with one attached hydrogen (secondary N) is 1. The number of benzene rings is 2. The molecule has 1 amide bonds. The van der Waals surface area contributed by atoms with Gasteiger partial charge in [-0.05, 0) is 50.3 Å². The van der Waals surface area contributed by atoms with Crippen molar-refractivity contribution < 1.29 is 24.2 Å². The Morgan fingerprint density at radius 3 is 2.75 bits per heavy atom. The van der Waals surface area contributed by atoms with Crippen LogP contribution in [0.5, 0.6) is 11.5 Å². The molecule has 3 aliphatic heterocycles. The number of esters is 1. The van der Waals surface area contributed by atoms with Crippen LogP contribution in [-0.2, 0) is 19.7 Å². The van der Waals surface area contributed by atoms with E-state index in [4.69, 9.17) is 14.9 Å². The van der Waals surface area contributed by atoms with Crippen molar-refractivity contribution in [2.24, 2.45) is 5.92 Å². The predicted molar refractivity (Wildman–Crippen MR) is 118 cm³/mol. The normalized spacial score (nSPS) is 27.1. The summed E-state index contributed by atoms with van der Waals surface area (Å²) in [5, 5.41) is 18.7. The average molecular weight is 434 g/mol. The molecule has 3 unspecified atom stereocenters. The lowest BCUT2D eigenvalue weighted by Crippen LogP contribution is -2.59. The Labute approximate surface area is 186 Å². The first-order valence-electron chi connectivity index (χ1n) is 10.9. The van der Waals surface area contributed by atoms with Crippen LogP contribution in [0.25, 0.3) is 0 Å². The van der Waals surface area contributed by atoms with Gasteiger partial charge in [-0.15, -0.1) is 0 Å². The van der Waals surface area contributed by atoms with Crippen LogP contribution in [0.4, 0.5) is 5.69 Å². The molecule has 0 saturated heterocycles. The maximum absolute atomic E-state index is 14.5. The Morgan fingerprint density at radius 1 is 1.28 bits per heavy atom. The standard InChI is InChI=1S/C25H26N2O5/c1-5-31-22(29)19-21(26)32-18-11-14(28)9-10-16(18)25(19)17-8-6-7-15-13(2)12-24(3,4)27(20(15)17)23(25)30/h6-11,13,19,26,28H,5,12H2,1-4H3. The largest absolute Gasteiger partial charge is 0.508 e. The summed E-state index contributed by atoms with van der Waals surface area (Å²) in [4.78, 5) is 29.6. The number of rotatable bonds is 2. The molecule has 3 heterocycles. The fraction of sp³-hybridized carbons (Fsp3) is 0.400. The summed E-state index contributed by atoms with van der Waals surface area (Å²) in [6, 6.07) is 10.3. The summed E-state index contributed by atoms with van der Waals surface area (Å²) >= 11 is 0. The van der Waals surface area contributed by atoms with Crippen LogP contribution in [0.2, 0.25) is 0 Å². The van der Waals surface area contributed by atoms with Crippen LogP contribution >= 0.6 is 0 Å². The van der Waals surface area contributed by atoms with Gasteiger partial charge in [0.2, 0.25) is 11.8 Å². The van der Waals surface area contributed by atoms with Crippen LogP contribution in [0.15, 0.2) is 36.4 Å². The fourth-order valence-electron chi connectivity index (χ4n) is 5.95. The monoisotopic (exact) mass is 434 g/mol. The predicted octanol–water partition coefficient (Wildman–Crippen LogP) is 3.86. The quantitative estimate of drug-likeness (QED) is 0.699. The Hall–Kier alpha value is -3.35. The van der Waals surface area contributed by atoms with E-state index in [1.807, 2.05) is 32.0 Å². The molecule has 5 rings (SSSR count). The van der Waals surface area contributed by atoms with Gasteiger partial charge < -0.3 is 19.5 Å². The number of amides is 1. The summed E-state index contributed by atoms with van der Waals surface area (Å²) in [5.41, 5.74) is 1.01. The van der Waals surface area contributed by atoms with Gasteiger partial charge >= 0.3 is 5.97 Å². The van der Waals surface area contributed by atoms with E-state index in [-0.39, 0.29) is 35.8 Å². The second-order valence-corrected chi connectivity index (χ2v) is 9.44. The summed E-state index contributed by atoms with van der Waals surface area (Å²) in [5.74, 6) is -2.20. The number of nitrogens with zero attached hydrogens (tertiary/aromatic N) is 1. The second kappa shape index (κ2) is 6.58. The van der Waals surface area contributed by atoms with Gasteiger partial charge in [-0.25, -0.2) is 0 Å². The van der Waals surface area contributed by atoms with E-state index >= 15 is 0 Å². The minimum atomic E-state index is -1.50. The molecular formula is C25H26N2O5. The van der Waals surface area contributed by atoms with Crippen LogP contribution in [0.3, 0.4) is 0 Å². The molecule has 0 aromatic heterocycles. The van der Waals surface area contributed by atoms with E-state index in [2.05, 4.69) is 6.92 Å². The highest BCUT2D eigenvalue weighted by Gasteiger charge is 2.67. The molecule has 3 atom stereocenters. The SMILES string of the molecule is CCOC(=O)C1C(=N)Oc2cc(O)ccc2C12C(=O)N1c3c(cccc32)C(C)CC1(C)C. The Bertz CT molecular complexity index is 1190. The van der Waals surface area contributed by atoms with Gasteiger partial charge in [-0.3, -0.25) is 15.0 Å². The fourth-order valence-corrected chi connectivity index (χ4v) is 5.95. The lowest BCUT2D eigenvalue weighted by Gasteiger charge is -2.45. The number of aromatic hydroxyl groups is 1. The van der Waals surface area contributed by atoms with Gasteiger partial charge in [-0.2, -0.15) is 0 Å². The van der Waals surface area contributed by atoms with Crippen LogP contribution in [-0.4, -0.2) is 35.0 Å². The van der Waals surface area contributed by atoms with Gasteiger partial charge in [0.25, 0.3) is 0 Å². The molecule has 2 aromatic carbocycles. The van der Waals surface area contributed by atoms with E-state index < -0.39 is 22.8 Å². The Morgan fingerprint density at radius 2 is 2.03 bits per heavy atom. The molecular weight excluding hydrogens is 408 g/mol. The van der Waals surface area contributed by atoms with Crippen molar-refractivity contribution in [3.8, 4) is 11.5 Å². The summed E-state index contributed by atoms with van der Waals surface area (Å²) in [6.45, 7) is 8.01. The molecule has 2 aromatic rings. The molecule has 32 heavy (non-hydrogen) atoms. The number of phenols is 1. The molecule has 0 radical (unpaired) electrons. The highest BCUT2D eigenvalue weighted by atomic mass is 16.5. The third-order valence-corrected chi connectivity index (χ3v) is 7.03. The topological polar surface area (TPSA) is 99.9 Å². The number of hydrogen-bond acceptors (Lipinski definition) is 6. The smallest absolute Gasteiger partial charge is 0.320 e. The molecule has 0 saturated carbocycles. The number of fused-ring (bicyclic) bond motifs is 3. The number of para-hydroxylation sites is 1. The van der Waals surface area contributed by atoms with E-state index in [0.29, 0.717) is 11.1 Å². The zero-order chi connectivity index (χ0) is 23.0. The third kappa shape index (κ3) is 2.39. The molecule has 3 aliphatic rings. The van der Waals surface area contributed by atoms with E-state index in [1.54, 1.807) is 17.9 Å². The van der Waals surface area contributed by atoms with Crippen molar-refractivity contribution in [1.82, 2.24) is 0 Å². The molecule has 1 spiro atoms. The van der Waals surface area contributed by atoms with Gasteiger partial charge in [0.1, 0.15) is 16.9 Å². The number of hydrogen-bond donors (Lipinski definition) is 2. The number of carbonyl (C=O) groups is 2. The van der Waals surface area contributed by atoms with Gasteiger partial charge in [-0.1, -0.05) is 31.2 Å². The minimum Gasteiger partial charge on any atom is -0.508 e. The highest BCUT2D eigenvalue weighted by molar-refractivity contribution is 6.19. The first-order valence-corrected chi connectivity index (χ1v) is 10.9. The molecule has 166 valence electrons. The van der Waals surface area contributed by atoms with Crippen molar-refractivity contribution in [2.75, 3.05) is 11.5 Å². The zero-order valence-electron chi connectivity index (χ0n) is 18.6. The number of phenolic OH excluding ortho intramolecular Hbond substituents is 1. The van der Waals surface area contributed by atoms with Crippen molar-refractivity contribution in [3.63, 3.8) is 0 Å².